The number of hydrogen-bond donors (Lipinski definition) is 4. The number of rotatable bonds is 0. The zero-order valence-electron chi connectivity index (χ0n) is 13.9. The van der Waals surface area contributed by atoms with Gasteiger partial charge in [0.25, 0.3) is 13.7 Å². The van der Waals surface area contributed by atoms with Crippen LogP contribution >= 0.6 is 7.82 Å². The molecule has 5 rings (SSSR count). The molecule has 140 valence electrons. The number of phenolic OH excluding ortho intramolecular Hbond substituents is 1. The summed E-state index contributed by atoms with van der Waals surface area (Å²) in [5.41, 5.74) is 0.0613. The van der Waals surface area contributed by atoms with Gasteiger partial charge in [-0.15, -0.1) is 0 Å². The summed E-state index contributed by atoms with van der Waals surface area (Å²) in [6.07, 6.45) is -5.63. The first-order valence-corrected chi connectivity index (χ1v) is 9.25. The summed E-state index contributed by atoms with van der Waals surface area (Å²) >= 11 is 0. The molecule has 11 nitrogen and oxygen atoms in total. The summed E-state index contributed by atoms with van der Waals surface area (Å²) in [6.45, 7) is -0.145. The van der Waals surface area contributed by atoms with Gasteiger partial charge < -0.3 is 44.1 Å². The number of phenols is 1. The average molecular weight is 409 g/mol. The molecule has 1 saturated carbocycles. The van der Waals surface area contributed by atoms with Gasteiger partial charge in [-0.1, -0.05) is 0 Å². The molecule has 4 aliphatic rings. The minimum absolute atomic E-state index is 0. The van der Waals surface area contributed by atoms with Crippen LogP contribution in [0.15, 0.2) is 6.07 Å². The number of aliphatic hydroxyl groups excluding tert-OH is 2. The number of phosphoric ester groups is 1. The van der Waals surface area contributed by atoms with Gasteiger partial charge in [0.15, 0.2) is 11.5 Å². The van der Waals surface area contributed by atoms with Crippen LogP contribution in [0.3, 0.4) is 0 Å². The Morgan fingerprint density at radius 1 is 1.19 bits per heavy atom. The Labute approximate surface area is 174 Å². The fourth-order valence-electron chi connectivity index (χ4n) is 4.11. The normalized spacial score (nSPS) is 41.1. The molecular weight excluding hydrogens is 396 g/mol. The van der Waals surface area contributed by atoms with Gasteiger partial charge in [0.05, 0.1) is 17.7 Å². The van der Waals surface area contributed by atoms with Crippen molar-refractivity contribution in [3.05, 3.63) is 17.2 Å². The molecule has 0 spiro atoms. The summed E-state index contributed by atoms with van der Waals surface area (Å²) in [5, 5.41) is 33.8. The maximum absolute atomic E-state index is 12.5. The van der Waals surface area contributed by atoms with Crippen molar-refractivity contribution >= 4 is 13.7 Å². The Balaban J connectivity index is 0.00000180. The van der Waals surface area contributed by atoms with E-state index in [4.69, 9.17) is 18.5 Å². The molecule has 7 atom stereocenters. The fourth-order valence-corrected chi connectivity index (χ4v) is 5.25. The molecular formula is C14H13NNaO10P. The summed E-state index contributed by atoms with van der Waals surface area (Å²) in [7, 11) is -4.67. The maximum Gasteiger partial charge on any atom is 1.00 e. The van der Waals surface area contributed by atoms with Crippen LogP contribution in [0.1, 0.15) is 21.8 Å². The third-order valence-electron chi connectivity index (χ3n) is 5.17. The van der Waals surface area contributed by atoms with E-state index in [1.165, 1.54) is 6.07 Å². The van der Waals surface area contributed by atoms with E-state index in [0.29, 0.717) is 0 Å². The molecule has 3 aliphatic heterocycles. The second kappa shape index (κ2) is 6.31. The van der Waals surface area contributed by atoms with Crippen LogP contribution in [0.25, 0.3) is 0 Å². The van der Waals surface area contributed by atoms with Crippen LogP contribution < -0.4 is 49.2 Å². The summed E-state index contributed by atoms with van der Waals surface area (Å²) in [6, 6.07) is 0.430. The standard InChI is InChI=1S/C14H14NO10P.Na/c16-8-5-3-1-4-11(23-2-22-4)9(17)6(3)14(19)15-7(5)12-13(10(8)18)25-26(20,21)24-12;/h1,5,7-8,10,12-13,16-18H,2H2,(H,15,19)(H,20,21);/q;+1/p-1/t5-,7-,8-,10+,12+,13-;/m1./s1. The van der Waals surface area contributed by atoms with Crippen molar-refractivity contribution in [1.82, 2.24) is 5.32 Å². The van der Waals surface area contributed by atoms with Crippen molar-refractivity contribution in [3.8, 4) is 17.2 Å². The zero-order chi connectivity index (χ0) is 18.4. The number of benzene rings is 1. The Bertz CT molecular complexity index is 880. The van der Waals surface area contributed by atoms with Crippen molar-refractivity contribution in [2.45, 2.75) is 36.4 Å². The van der Waals surface area contributed by atoms with E-state index in [0.717, 1.165) is 0 Å². The number of fused-ring (bicyclic) bond motifs is 6. The minimum atomic E-state index is -4.67. The second-order valence-electron chi connectivity index (χ2n) is 6.52. The summed E-state index contributed by atoms with van der Waals surface area (Å²) < 4.78 is 31.7. The van der Waals surface area contributed by atoms with Crippen LogP contribution in [0.4, 0.5) is 0 Å². The quantitative estimate of drug-likeness (QED) is 0.242. The first kappa shape index (κ1) is 19.4. The molecule has 1 aromatic carbocycles. The molecule has 27 heavy (non-hydrogen) atoms. The van der Waals surface area contributed by atoms with Gasteiger partial charge in [0.2, 0.25) is 12.5 Å². The Kier molecular flexibility index (Phi) is 4.54. The van der Waals surface area contributed by atoms with Crippen molar-refractivity contribution in [2.24, 2.45) is 0 Å². The van der Waals surface area contributed by atoms with Gasteiger partial charge in [-0.2, -0.15) is 0 Å². The van der Waals surface area contributed by atoms with Crippen molar-refractivity contribution in [1.29, 1.82) is 0 Å². The van der Waals surface area contributed by atoms with Gasteiger partial charge >= 0.3 is 29.6 Å². The molecule has 1 aromatic rings. The van der Waals surface area contributed by atoms with E-state index < -0.39 is 55.9 Å². The Morgan fingerprint density at radius 2 is 1.89 bits per heavy atom. The van der Waals surface area contributed by atoms with Gasteiger partial charge in [-0.05, 0) is 11.6 Å². The SMILES string of the molecule is O=C1N[C@H]2[C@@H]3OP(=O)([O-])O[C@@H]3[C@@H](O)[C@H](O)[C@@H]2c2cc3c(c(O)c21)OCO3.[Na+]. The molecule has 1 amide bonds. The molecule has 0 radical (unpaired) electrons. The van der Waals surface area contributed by atoms with Crippen molar-refractivity contribution in [3.63, 3.8) is 0 Å². The van der Waals surface area contributed by atoms with E-state index in [2.05, 4.69) is 5.32 Å². The third kappa shape index (κ3) is 2.65. The first-order chi connectivity index (χ1) is 12.3. The Hall–Kier alpha value is -0.880. The van der Waals surface area contributed by atoms with E-state index in [1.807, 2.05) is 0 Å². The maximum atomic E-state index is 12.5. The number of aromatic hydroxyl groups is 1. The van der Waals surface area contributed by atoms with Crippen molar-refractivity contribution < 1.29 is 77.7 Å². The average Bonchev–Trinajstić information content (AvgIpc) is 3.16. The van der Waals surface area contributed by atoms with Crippen LogP contribution in [0, 0.1) is 0 Å². The second-order valence-corrected chi connectivity index (χ2v) is 7.83. The molecule has 1 aliphatic carbocycles. The minimum Gasteiger partial charge on any atom is -0.756 e. The number of amides is 1. The number of aliphatic hydroxyl groups is 2. The van der Waals surface area contributed by atoms with E-state index in [-0.39, 0.29) is 59.0 Å². The number of phosphoric acid groups is 1. The third-order valence-corrected chi connectivity index (χ3v) is 6.18. The number of carbonyl (C=O) groups excluding carboxylic acids is 1. The zero-order valence-corrected chi connectivity index (χ0v) is 16.8. The van der Waals surface area contributed by atoms with E-state index in [9.17, 15) is 29.6 Å². The van der Waals surface area contributed by atoms with Gasteiger partial charge in [-0.3, -0.25) is 9.36 Å². The van der Waals surface area contributed by atoms with Crippen molar-refractivity contribution in [2.75, 3.05) is 6.79 Å². The van der Waals surface area contributed by atoms with Crippen LogP contribution in [-0.2, 0) is 13.6 Å². The predicted octanol–water partition coefficient (Wildman–Crippen LogP) is -4.69. The van der Waals surface area contributed by atoms with Crippen LogP contribution in [-0.4, -0.2) is 58.5 Å². The molecule has 1 unspecified atom stereocenters. The van der Waals surface area contributed by atoms with Gasteiger partial charge in [0.1, 0.15) is 18.3 Å². The summed E-state index contributed by atoms with van der Waals surface area (Å²) in [4.78, 5) is 24.2. The smallest absolute Gasteiger partial charge is 0.756 e. The van der Waals surface area contributed by atoms with E-state index in [1.54, 1.807) is 0 Å². The molecule has 1 saturated heterocycles. The summed E-state index contributed by atoms with van der Waals surface area (Å²) in [5.74, 6) is -1.92. The first-order valence-electron chi connectivity index (χ1n) is 7.79. The fraction of sp³-hybridized carbons (Fsp3) is 0.500. The molecule has 0 bridgehead atoms. The molecule has 0 aromatic heterocycles. The monoisotopic (exact) mass is 409 g/mol. The predicted molar refractivity (Wildman–Crippen MR) is 77.6 cm³/mol. The number of hydrogen-bond acceptors (Lipinski definition) is 10. The topological polar surface area (TPSA) is 167 Å². The number of carbonyl (C=O) groups is 1. The number of nitrogens with one attached hydrogen (secondary N) is 1. The molecule has 3 heterocycles. The molecule has 2 fully saturated rings. The molecule has 4 N–H and O–H groups in total. The van der Waals surface area contributed by atoms with E-state index >= 15 is 0 Å². The van der Waals surface area contributed by atoms with Crippen LogP contribution in [0.5, 0.6) is 17.2 Å². The van der Waals surface area contributed by atoms with Crippen LogP contribution in [0.2, 0.25) is 0 Å². The Morgan fingerprint density at radius 3 is 2.63 bits per heavy atom. The van der Waals surface area contributed by atoms with Gasteiger partial charge in [0, 0.05) is 5.92 Å². The van der Waals surface area contributed by atoms with Gasteiger partial charge in [-0.25, -0.2) is 0 Å². The largest absolute Gasteiger partial charge is 1.00 e. The number of ether oxygens (including phenoxy) is 2. The molecule has 13 heteroatoms.